The number of nitrogens with one attached hydrogen (secondary N) is 2. The molecule has 2 N–H and O–H groups in total. The summed E-state index contributed by atoms with van der Waals surface area (Å²) in [5.41, 5.74) is 3.60. The van der Waals surface area contributed by atoms with Crippen molar-refractivity contribution >= 4 is 23.2 Å². The molecule has 3 rings (SSSR count). The lowest BCUT2D eigenvalue weighted by atomic mass is 10.1. The average Bonchev–Trinajstić information content (AvgIpc) is 2.80. The summed E-state index contributed by atoms with van der Waals surface area (Å²) >= 11 is 5.16. The first-order valence-electron chi connectivity index (χ1n) is 10.1. The fourth-order valence-electron chi connectivity index (χ4n) is 3.01. The number of benzene rings is 2. The highest BCUT2D eigenvalue weighted by molar-refractivity contribution is 7.80. The van der Waals surface area contributed by atoms with Gasteiger partial charge in [0.2, 0.25) is 0 Å². The van der Waals surface area contributed by atoms with E-state index in [2.05, 4.69) is 10.7 Å². The molecule has 2 aromatic carbocycles. The number of nitriles is 1. The largest absolute Gasteiger partial charge is 0.490 e. The lowest BCUT2D eigenvalue weighted by Crippen LogP contribution is -2.43. The second kappa shape index (κ2) is 10.9. The number of para-hydroxylation sites is 1. The quantitative estimate of drug-likeness (QED) is 0.411. The highest BCUT2D eigenvalue weighted by atomic mass is 32.1. The lowest BCUT2D eigenvalue weighted by molar-refractivity contribution is 0.0977. The van der Waals surface area contributed by atoms with E-state index in [4.69, 9.17) is 21.7 Å². The molecule has 0 spiro atoms. The minimum atomic E-state index is -0.538. The summed E-state index contributed by atoms with van der Waals surface area (Å²) in [5.74, 6) is 0.907. The number of hydrogen-bond donors (Lipinski definition) is 2. The molecule has 33 heavy (non-hydrogen) atoms. The summed E-state index contributed by atoms with van der Waals surface area (Å²) in [7, 11) is 0. The Balaban J connectivity index is 1.53. The van der Waals surface area contributed by atoms with E-state index in [0.29, 0.717) is 35.8 Å². The molecule has 0 saturated carbocycles. The van der Waals surface area contributed by atoms with Crippen molar-refractivity contribution in [2.24, 2.45) is 0 Å². The van der Waals surface area contributed by atoms with Gasteiger partial charge in [-0.15, -0.1) is 0 Å². The van der Waals surface area contributed by atoms with Gasteiger partial charge >= 0.3 is 0 Å². The predicted octanol–water partition coefficient (Wildman–Crippen LogP) is 3.05. The highest BCUT2D eigenvalue weighted by Gasteiger charge is 2.13. The molecule has 168 valence electrons. The van der Waals surface area contributed by atoms with Crippen LogP contribution in [-0.4, -0.2) is 28.9 Å². The summed E-state index contributed by atoms with van der Waals surface area (Å²) in [6, 6.07) is 19.5. The van der Waals surface area contributed by atoms with Crippen molar-refractivity contribution in [1.82, 2.24) is 9.99 Å². The first-order valence-corrected chi connectivity index (χ1v) is 10.5. The van der Waals surface area contributed by atoms with Crippen molar-refractivity contribution < 1.29 is 14.3 Å². The maximum absolute atomic E-state index is 12.5. The number of amides is 1. The Hall–Kier alpha value is -4.16. The van der Waals surface area contributed by atoms with E-state index < -0.39 is 11.5 Å². The molecular weight excluding hydrogens is 440 g/mol. The molecular formula is C24H22N4O4S. The Morgan fingerprint density at radius 2 is 1.64 bits per heavy atom. The summed E-state index contributed by atoms with van der Waals surface area (Å²) in [5, 5.41) is 11.6. The van der Waals surface area contributed by atoms with Gasteiger partial charge in [-0.25, -0.2) is 4.68 Å². The zero-order chi connectivity index (χ0) is 23.8. The van der Waals surface area contributed by atoms with Crippen LogP contribution in [-0.2, 0) is 0 Å². The van der Waals surface area contributed by atoms with E-state index in [1.165, 1.54) is 0 Å². The van der Waals surface area contributed by atoms with Gasteiger partial charge in [0.25, 0.3) is 11.5 Å². The van der Waals surface area contributed by atoms with Gasteiger partial charge < -0.3 is 9.47 Å². The molecule has 0 aliphatic carbocycles. The second-order valence-corrected chi connectivity index (χ2v) is 7.43. The molecule has 9 heteroatoms. The summed E-state index contributed by atoms with van der Waals surface area (Å²) in [6.07, 6.45) is 0. The van der Waals surface area contributed by atoms with Gasteiger partial charge in [0.15, 0.2) is 5.11 Å². The number of pyridine rings is 1. The Bertz CT molecular complexity index is 1250. The van der Waals surface area contributed by atoms with Crippen LogP contribution in [0.5, 0.6) is 11.5 Å². The van der Waals surface area contributed by atoms with Gasteiger partial charge in [0, 0.05) is 11.3 Å². The first-order chi connectivity index (χ1) is 15.9. The van der Waals surface area contributed by atoms with Crippen LogP contribution in [0.1, 0.15) is 27.2 Å². The smallest absolute Gasteiger partial charge is 0.287 e. The number of rotatable bonds is 7. The van der Waals surface area contributed by atoms with Crippen LogP contribution in [0.3, 0.4) is 0 Å². The fraction of sp³-hybridized carbons (Fsp3) is 0.167. The number of thiocarbonyl (C=S) groups is 1. The predicted molar refractivity (Wildman–Crippen MR) is 128 cm³/mol. The van der Waals surface area contributed by atoms with Crippen LogP contribution < -0.4 is 25.8 Å². The Morgan fingerprint density at radius 1 is 1.03 bits per heavy atom. The van der Waals surface area contributed by atoms with Gasteiger partial charge in [-0.05, 0) is 74.1 Å². The lowest BCUT2D eigenvalue weighted by Gasteiger charge is -2.15. The molecule has 0 aliphatic rings. The minimum absolute atomic E-state index is 0.00647. The Morgan fingerprint density at radius 3 is 2.24 bits per heavy atom. The van der Waals surface area contributed by atoms with Gasteiger partial charge in [-0.1, -0.05) is 18.2 Å². The topological polar surface area (TPSA) is 105 Å². The van der Waals surface area contributed by atoms with Gasteiger partial charge in [-0.2, -0.15) is 5.26 Å². The van der Waals surface area contributed by atoms with E-state index in [0.717, 1.165) is 10.4 Å². The van der Waals surface area contributed by atoms with Gasteiger partial charge in [-0.3, -0.25) is 20.3 Å². The van der Waals surface area contributed by atoms with Crippen LogP contribution in [0.15, 0.2) is 65.5 Å². The molecule has 1 amide bonds. The van der Waals surface area contributed by atoms with Crippen LogP contribution in [0, 0.1) is 25.2 Å². The fourth-order valence-corrected chi connectivity index (χ4v) is 3.19. The van der Waals surface area contributed by atoms with Crippen molar-refractivity contribution in [3.05, 3.63) is 93.4 Å². The molecule has 1 aromatic heterocycles. The monoisotopic (exact) mass is 462 g/mol. The number of aromatic nitrogens is 1. The molecule has 8 nitrogen and oxygen atoms in total. The Kier molecular flexibility index (Phi) is 7.78. The number of hydrogen-bond acceptors (Lipinski definition) is 6. The highest BCUT2D eigenvalue weighted by Crippen LogP contribution is 2.13. The zero-order valence-electron chi connectivity index (χ0n) is 18.1. The van der Waals surface area contributed by atoms with Gasteiger partial charge in [0.05, 0.1) is 0 Å². The number of nitrogens with zero attached hydrogens (tertiary/aromatic N) is 2. The van der Waals surface area contributed by atoms with Crippen molar-refractivity contribution in [1.29, 1.82) is 5.26 Å². The van der Waals surface area contributed by atoms with Crippen molar-refractivity contribution in [3.63, 3.8) is 0 Å². The van der Waals surface area contributed by atoms with Crippen molar-refractivity contribution in [2.45, 2.75) is 13.8 Å². The molecule has 0 unspecified atom stereocenters. The van der Waals surface area contributed by atoms with Gasteiger partial charge in [0.1, 0.15) is 36.3 Å². The molecule has 3 aromatic rings. The number of ether oxygens (including phenoxy) is 2. The van der Waals surface area contributed by atoms with E-state index in [-0.39, 0.29) is 10.7 Å². The number of carbonyl (C=O) groups excluding carboxylic acids is 1. The van der Waals surface area contributed by atoms with Crippen LogP contribution in [0.25, 0.3) is 0 Å². The van der Waals surface area contributed by atoms with Crippen LogP contribution >= 0.6 is 12.2 Å². The minimum Gasteiger partial charge on any atom is -0.490 e. The van der Waals surface area contributed by atoms with Crippen molar-refractivity contribution in [3.8, 4) is 17.6 Å². The third-order valence-corrected chi connectivity index (χ3v) is 4.82. The van der Waals surface area contributed by atoms with E-state index in [1.807, 2.05) is 36.4 Å². The molecule has 0 bridgehead atoms. The molecule has 0 fully saturated rings. The molecule has 0 aliphatic heterocycles. The maximum atomic E-state index is 12.5. The molecule has 0 saturated heterocycles. The van der Waals surface area contributed by atoms with E-state index in [9.17, 15) is 14.9 Å². The summed E-state index contributed by atoms with van der Waals surface area (Å²) in [6.45, 7) is 4.11. The number of carbonyl (C=O) groups is 1. The SMILES string of the molecule is Cc1cc(C)n(NC(=S)NC(=O)c2ccc(OCCOc3ccccc3)cc2)c(=O)c1C#N. The summed E-state index contributed by atoms with van der Waals surface area (Å²) in [4.78, 5) is 24.9. The van der Waals surface area contributed by atoms with Crippen molar-refractivity contribution in [2.75, 3.05) is 18.6 Å². The number of aryl methyl sites for hydroxylation is 2. The molecule has 0 radical (unpaired) electrons. The first kappa shape index (κ1) is 23.5. The average molecular weight is 463 g/mol. The normalized spacial score (nSPS) is 10.1. The van der Waals surface area contributed by atoms with Crippen LogP contribution in [0.4, 0.5) is 0 Å². The third-order valence-electron chi connectivity index (χ3n) is 4.62. The Labute approximate surface area is 196 Å². The third kappa shape index (κ3) is 6.18. The second-order valence-electron chi connectivity index (χ2n) is 7.03. The molecule has 0 atom stereocenters. The maximum Gasteiger partial charge on any atom is 0.287 e. The zero-order valence-corrected chi connectivity index (χ0v) is 18.9. The van der Waals surface area contributed by atoms with E-state index >= 15 is 0 Å². The molecule has 1 heterocycles. The van der Waals surface area contributed by atoms with Crippen LogP contribution in [0.2, 0.25) is 0 Å². The summed E-state index contributed by atoms with van der Waals surface area (Å²) < 4.78 is 12.3. The van der Waals surface area contributed by atoms with E-state index in [1.54, 1.807) is 44.2 Å². The standard InChI is InChI=1S/C24H22N4O4S/c1-16-14-17(2)28(23(30)21(16)15-25)27-24(33)26-22(29)18-8-10-20(11-9-18)32-13-12-31-19-6-4-3-5-7-19/h3-11,14H,12-13H2,1-2H3,(H2,26,27,29,33).